The summed E-state index contributed by atoms with van der Waals surface area (Å²) in [7, 11) is -2.83. The van der Waals surface area contributed by atoms with Gasteiger partial charge < -0.3 is 8.98 Å². The zero-order valence-electron chi connectivity index (χ0n) is 25.2. The molecule has 0 fully saturated rings. The Morgan fingerprint density at radius 2 is 1.11 bits per heavy atom. The number of rotatable bonds is 3. The Balaban J connectivity index is 1.27. The lowest BCUT2D eigenvalue weighted by Gasteiger charge is -2.40. The molecule has 1 aliphatic heterocycles. The number of hydrogen-bond acceptors (Lipinski definition) is 2. The fraction of sp³-hybridized carbons (Fsp3) is 0. The van der Waals surface area contributed by atoms with Gasteiger partial charge in [-0.2, -0.15) is 0 Å². The Morgan fingerprint density at radius 1 is 0.489 bits per heavy atom. The van der Waals surface area contributed by atoms with Gasteiger partial charge in [-0.1, -0.05) is 126 Å². The van der Waals surface area contributed by atoms with Crippen molar-refractivity contribution < 1.29 is 4.42 Å². The highest BCUT2D eigenvalue weighted by Gasteiger charge is 2.47. The van der Waals surface area contributed by atoms with Gasteiger partial charge in [0.1, 0.15) is 11.2 Å². The minimum Gasteiger partial charge on any atom is -0.456 e. The van der Waals surface area contributed by atoms with Crippen molar-refractivity contribution in [2.24, 2.45) is 0 Å². The summed E-state index contributed by atoms with van der Waals surface area (Å²) in [5.41, 5.74) is 5.41. The summed E-state index contributed by atoms with van der Waals surface area (Å²) in [5, 5.41) is 10.9. The first-order valence-electron chi connectivity index (χ1n) is 15.8. The standard InChI is InChI=1S/C42H26ClNOSSi/c43-27-17-24-42-40(25-27)46-39-15-7-8-16-41(39)47(42,30-22-23-34-33-11-3-6-14-37(33)45-38(34)26-30)29-20-18-28(19-21-29)44-35-12-4-1-9-31(35)32-10-2-5-13-36(32)44/h1-26H. The van der Waals surface area contributed by atoms with E-state index < -0.39 is 8.07 Å². The first-order chi connectivity index (χ1) is 23.2. The lowest BCUT2D eigenvalue weighted by atomic mass is 10.1. The van der Waals surface area contributed by atoms with E-state index in [2.05, 4.69) is 156 Å². The second-order valence-corrected chi connectivity index (χ2v) is 17.5. The van der Waals surface area contributed by atoms with Crippen LogP contribution < -0.4 is 20.7 Å². The Hall–Kier alpha value is -5.00. The second kappa shape index (κ2) is 10.2. The van der Waals surface area contributed by atoms with Crippen molar-refractivity contribution in [3.05, 3.63) is 163 Å². The molecule has 1 aliphatic rings. The number of nitrogens with zero attached hydrogens (tertiary/aromatic N) is 1. The average Bonchev–Trinajstić information content (AvgIpc) is 3.66. The van der Waals surface area contributed by atoms with Crippen molar-refractivity contribution in [3.8, 4) is 5.69 Å². The van der Waals surface area contributed by atoms with Gasteiger partial charge in [0.05, 0.1) is 11.0 Å². The van der Waals surface area contributed by atoms with Crippen LogP contribution >= 0.6 is 23.4 Å². The third-order valence-corrected chi connectivity index (χ3v) is 16.4. The molecule has 0 radical (unpaired) electrons. The summed E-state index contributed by atoms with van der Waals surface area (Å²) in [6, 6.07) is 57.4. The molecule has 47 heavy (non-hydrogen) atoms. The van der Waals surface area contributed by atoms with E-state index in [4.69, 9.17) is 16.0 Å². The smallest absolute Gasteiger partial charge is 0.182 e. The van der Waals surface area contributed by atoms with Crippen molar-refractivity contribution in [1.29, 1.82) is 0 Å². The van der Waals surface area contributed by atoms with Crippen LogP contribution in [0.15, 0.2) is 172 Å². The SMILES string of the molecule is Clc1ccc2c(c1)Sc1ccccc1[Si]2(c1ccc(-n2c3ccccc3c3ccccc32)cc1)c1ccc2c(c1)oc1ccccc12. The third-order valence-electron chi connectivity index (χ3n) is 9.81. The van der Waals surface area contributed by atoms with Crippen LogP contribution in [-0.2, 0) is 0 Å². The quantitative estimate of drug-likeness (QED) is 0.177. The zero-order chi connectivity index (χ0) is 31.1. The molecule has 2 aromatic heterocycles. The molecule has 0 saturated heterocycles. The largest absolute Gasteiger partial charge is 0.456 e. The maximum Gasteiger partial charge on any atom is 0.182 e. The Labute approximate surface area is 281 Å². The Kier molecular flexibility index (Phi) is 5.92. The maximum absolute atomic E-state index is 6.67. The lowest BCUT2D eigenvalue weighted by molar-refractivity contribution is 0.669. The van der Waals surface area contributed by atoms with Crippen molar-refractivity contribution in [2.75, 3.05) is 0 Å². The van der Waals surface area contributed by atoms with Crippen molar-refractivity contribution in [1.82, 2.24) is 4.57 Å². The number of fused-ring (bicyclic) bond motifs is 8. The fourth-order valence-electron chi connectivity index (χ4n) is 7.83. The van der Waals surface area contributed by atoms with E-state index in [0.717, 1.165) is 32.6 Å². The molecule has 3 heterocycles. The van der Waals surface area contributed by atoms with Crippen LogP contribution in [0.25, 0.3) is 49.4 Å². The van der Waals surface area contributed by atoms with Gasteiger partial charge in [-0.15, -0.1) is 0 Å². The number of hydrogen-bond donors (Lipinski definition) is 0. The summed E-state index contributed by atoms with van der Waals surface area (Å²) < 4.78 is 8.89. The molecule has 0 bridgehead atoms. The predicted octanol–water partition coefficient (Wildman–Crippen LogP) is 9.18. The van der Waals surface area contributed by atoms with Gasteiger partial charge >= 0.3 is 0 Å². The number of aromatic nitrogens is 1. The van der Waals surface area contributed by atoms with Gasteiger partial charge in [-0.3, -0.25) is 0 Å². The molecule has 1 atom stereocenters. The minimum absolute atomic E-state index is 0.757. The number of halogens is 1. The molecule has 10 rings (SSSR count). The van der Waals surface area contributed by atoms with Gasteiger partial charge in [0.2, 0.25) is 0 Å². The van der Waals surface area contributed by atoms with E-state index in [-0.39, 0.29) is 0 Å². The molecular weight excluding hydrogens is 630 g/mol. The molecule has 9 aromatic rings. The highest BCUT2D eigenvalue weighted by molar-refractivity contribution is 8.00. The molecule has 0 amide bonds. The molecule has 7 aromatic carbocycles. The van der Waals surface area contributed by atoms with E-state index in [9.17, 15) is 0 Å². The zero-order valence-corrected chi connectivity index (χ0v) is 27.7. The fourth-order valence-corrected chi connectivity index (χ4v) is 15.0. The summed E-state index contributed by atoms with van der Waals surface area (Å²) in [6.45, 7) is 0. The Bertz CT molecular complexity index is 2640. The highest BCUT2D eigenvalue weighted by atomic mass is 35.5. The maximum atomic E-state index is 6.67. The monoisotopic (exact) mass is 655 g/mol. The molecule has 1 unspecified atom stereocenters. The number of benzene rings is 7. The molecule has 0 spiro atoms. The van der Waals surface area contributed by atoms with Crippen LogP contribution in [-0.4, -0.2) is 12.6 Å². The van der Waals surface area contributed by atoms with Gasteiger partial charge in [0.15, 0.2) is 8.07 Å². The molecule has 0 N–H and O–H groups in total. The summed E-state index contributed by atoms with van der Waals surface area (Å²) in [4.78, 5) is 2.50. The van der Waals surface area contributed by atoms with Gasteiger partial charge in [-0.05, 0) is 75.3 Å². The Morgan fingerprint density at radius 3 is 1.89 bits per heavy atom. The van der Waals surface area contributed by atoms with Crippen molar-refractivity contribution >= 4 is 95.9 Å². The summed E-state index contributed by atoms with van der Waals surface area (Å²) in [5.74, 6) is 0. The van der Waals surface area contributed by atoms with E-state index >= 15 is 0 Å². The molecule has 2 nitrogen and oxygen atoms in total. The molecular formula is C42H26ClNOSSi. The van der Waals surface area contributed by atoms with Crippen molar-refractivity contribution in [2.45, 2.75) is 9.79 Å². The van der Waals surface area contributed by atoms with E-state index in [1.165, 1.54) is 52.3 Å². The van der Waals surface area contributed by atoms with Crippen LogP contribution in [0.5, 0.6) is 0 Å². The highest BCUT2D eigenvalue weighted by Crippen LogP contribution is 2.36. The summed E-state index contributed by atoms with van der Waals surface area (Å²) in [6.07, 6.45) is 0. The van der Waals surface area contributed by atoms with Crippen LogP contribution in [0.3, 0.4) is 0 Å². The number of para-hydroxylation sites is 3. The first kappa shape index (κ1) is 27.1. The lowest BCUT2D eigenvalue weighted by Crippen LogP contribution is -2.76. The second-order valence-electron chi connectivity index (χ2n) is 12.2. The predicted molar refractivity (Wildman–Crippen MR) is 201 cm³/mol. The first-order valence-corrected chi connectivity index (χ1v) is 19.0. The van der Waals surface area contributed by atoms with Crippen LogP contribution in [0.2, 0.25) is 5.02 Å². The van der Waals surface area contributed by atoms with E-state index in [1.807, 2.05) is 17.8 Å². The van der Waals surface area contributed by atoms with Crippen LogP contribution in [0.1, 0.15) is 0 Å². The topological polar surface area (TPSA) is 18.1 Å². The van der Waals surface area contributed by atoms with Crippen LogP contribution in [0.4, 0.5) is 0 Å². The minimum atomic E-state index is -2.83. The normalized spacial score (nSPS) is 15.8. The van der Waals surface area contributed by atoms with Gasteiger partial charge in [0.25, 0.3) is 0 Å². The van der Waals surface area contributed by atoms with E-state index in [1.54, 1.807) is 0 Å². The van der Waals surface area contributed by atoms with Crippen molar-refractivity contribution in [3.63, 3.8) is 0 Å². The van der Waals surface area contributed by atoms with E-state index in [0.29, 0.717) is 0 Å². The summed E-state index contributed by atoms with van der Waals surface area (Å²) >= 11 is 8.49. The molecule has 0 aliphatic carbocycles. The molecule has 222 valence electrons. The average molecular weight is 656 g/mol. The van der Waals surface area contributed by atoms with Gasteiger partial charge in [0, 0.05) is 42.0 Å². The van der Waals surface area contributed by atoms with Gasteiger partial charge in [-0.25, -0.2) is 0 Å². The molecule has 0 saturated carbocycles. The van der Waals surface area contributed by atoms with Crippen LogP contribution in [0, 0.1) is 0 Å². The third kappa shape index (κ3) is 3.87. The molecule has 5 heteroatoms. The number of furan rings is 1.